The van der Waals surface area contributed by atoms with E-state index in [2.05, 4.69) is 9.97 Å². The van der Waals surface area contributed by atoms with Gasteiger partial charge in [-0.1, -0.05) is 0 Å². The summed E-state index contributed by atoms with van der Waals surface area (Å²) in [5, 5.41) is 2.63. The predicted octanol–water partition coefficient (Wildman–Crippen LogP) is 2.34. The summed E-state index contributed by atoms with van der Waals surface area (Å²) in [6.07, 6.45) is 1.84. The molecule has 13 heavy (non-hydrogen) atoms. The largest absolute Gasteiger partial charge is 0.359 e. The van der Waals surface area contributed by atoms with E-state index >= 15 is 0 Å². The fraction of sp³-hybridized carbons (Fsp3) is 0.111. The first-order valence-electron chi connectivity index (χ1n) is 3.87. The maximum Gasteiger partial charge on any atom is 0.178 e. The van der Waals surface area contributed by atoms with E-state index in [0.29, 0.717) is 5.69 Å². The van der Waals surface area contributed by atoms with Gasteiger partial charge in [-0.05, 0) is 12.1 Å². The molecule has 0 radical (unpaired) electrons. The van der Waals surface area contributed by atoms with E-state index in [0.717, 1.165) is 10.7 Å². The summed E-state index contributed by atoms with van der Waals surface area (Å²) in [6, 6.07) is 3.84. The van der Waals surface area contributed by atoms with E-state index in [-0.39, 0.29) is 5.78 Å². The Kier molecular flexibility index (Phi) is 1.98. The fourth-order valence-corrected chi connectivity index (χ4v) is 1.87. The van der Waals surface area contributed by atoms with Crippen molar-refractivity contribution in [1.29, 1.82) is 0 Å². The molecule has 0 saturated carbocycles. The smallest absolute Gasteiger partial charge is 0.178 e. The Bertz CT molecular complexity index is 417. The van der Waals surface area contributed by atoms with Crippen LogP contribution in [0.5, 0.6) is 0 Å². The highest BCUT2D eigenvalue weighted by molar-refractivity contribution is 7.13. The zero-order valence-corrected chi connectivity index (χ0v) is 7.89. The van der Waals surface area contributed by atoms with Crippen molar-refractivity contribution in [2.75, 3.05) is 0 Å². The van der Waals surface area contributed by atoms with Crippen LogP contribution in [-0.4, -0.2) is 15.8 Å². The van der Waals surface area contributed by atoms with E-state index in [4.69, 9.17) is 0 Å². The quantitative estimate of drug-likeness (QED) is 0.742. The molecule has 0 bridgehead atoms. The van der Waals surface area contributed by atoms with Crippen molar-refractivity contribution in [3.05, 3.63) is 29.4 Å². The molecule has 0 fully saturated rings. The molecule has 2 rings (SSSR count). The van der Waals surface area contributed by atoms with Crippen LogP contribution < -0.4 is 0 Å². The average molecular weight is 192 g/mol. The van der Waals surface area contributed by atoms with Crippen LogP contribution in [0.4, 0.5) is 0 Å². The lowest BCUT2D eigenvalue weighted by Gasteiger charge is -1.87. The molecular formula is C9H8N2OS. The number of carbonyl (C=O) groups excluding carboxylic acids is 1. The second-order valence-corrected chi connectivity index (χ2v) is 3.54. The highest BCUT2D eigenvalue weighted by atomic mass is 32.1. The van der Waals surface area contributed by atoms with Crippen LogP contribution in [-0.2, 0) is 0 Å². The fourth-order valence-electron chi connectivity index (χ4n) is 1.02. The van der Waals surface area contributed by atoms with E-state index in [9.17, 15) is 4.79 Å². The predicted molar refractivity (Wildman–Crippen MR) is 51.9 cm³/mol. The number of aromatic amines is 1. The molecule has 0 aliphatic heterocycles. The molecule has 0 saturated heterocycles. The van der Waals surface area contributed by atoms with Crippen LogP contribution in [0.1, 0.15) is 17.4 Å². The molecule has 0 amide bonds. The SMILES string of the molecule is CC(=O)c1csc(-c2ccc[nH]2)n1. The molecule has 2 aromatic rings. The van der Waals surface area contributed by atoms with E-state index in [1.165, 1.54) is 18.3 Å². The molecule has 0 aliphatic carbocycles. The minimum absolute atomic E-state index is 0.00839. The first-order valence-corrected chi connectivity index (χ1v) is 4.75. The van der Waals surface area contributed by atoms with Crippen molar-refractivity contribution < 1.29 is 4.79 Å². The van der Waals surface area contributed by atoms with Gasteiger partial charge < -0.3 is 4.98 Å². The van der Waals surface area contributed by atoms with Crippen molar-refractivity contribution in [2.45, 2.75) is 6.92 Å². The minimum atomic E-state index is 0.00839. The third-order valence-electron chi connectivity index (χ3n) is 1.69. The van der Waals surface area contributed by atoms with Crippen LogP contribution in [0.25, 0.3) is 10.7 Å². The summed E-state index contributed by atoms with van der Waals surface area (Å²) in [6.45, 7) is 1.52. The molecule has 0 unspecified atom stereocenters. The van der Waals surface area contributed by atoms with Crippen molar-refractivity contribution in [3.8, 4) is 10.7 Å². The Morgan fingerprint density at radius 3 is 3.00 bits per heavy atom. The maximum absolute atomic E-state index is 11.0. The number of Topliss-reactive ketones (excluding diaryl/α,β-unsaturated/α-hetero) is 1. The average Bonchev–Trinajstić information content (AvgIpc) is 2.75. The zero-order chi connectivity index (χ0) is 9.26. The van der Waals surface area contributed by atoms with Crippen molar-refractivity contribution in [2.24, 2.45) is 0 Å². The third-order valence-corrected chi connectivity index (χ3v) is 2.57. The maximum atomic E-state index is 11.0. The van der Waals surface area contributed by atoms with E-state index in [1.54, 1.807) is 5.38 Å². The van der Waals surface area contributed by atoms with Crippen molar-refractivity contribution >= 4 is 17.1 Å². The second-order valence-electron chi connectivity index (χ2n) is 2.68. The molecule has 66 valence electrons. The van der Waals surface area contributed by atoms with Gasteiger partial charge in [0.1, 0.15) is 10.7 Å². The normalized spacial score (nSPS) is 10.2. The molecule has 0 atom stereocenters. The van der Waals surface area contributed by atoms with E-state index in [1.807, 2.05) is 18.3 Å². The number of nitrogens with one attached hydrogen (secondary N) is 1. The number of nitrogens with zero attached hydrogens (tertiary/aromatic N) is 1. The Hall–Kier alpha value is -1.42. The number of hydrogen-bond acceptors (Lipinski definition) is 3. The lowest BCUT2D eigenvalue weighted by molar-refractivity contribution is 0.101. The van der Waals surface area contributed by atoms with Gasteiger partial charge in [-0.15, -0.1) is 11.3 Å². The number of carbonyl (C=O) groups is 1. The lowest BCUT2D eigenvalue weighted by Crippen LogP contribution is -1.91. The second kappa shape index (κ2) is 3.14. The Morgan fingerprint density at radius 2 is 2.46 bits per heavy atom. The van der Waals surface area contributed by atoms with Crippen LogP contribution in [0.2, 0.25) is 0 Å². The number of rotatable bonds is 2. The minimum Gasteiger partial charge on any atom is -0.359 e. The molecule has 3 nitrogen and oxygen atoms in total. The molecule has 4 heteroatoms. The molecule has 0 aliphatic rings. The summed E-state index contributed by atoms with van der Waals surface area (Å²) in [4.78, 5) is 18.2. The van der Waals surface area contributed by atoms with Crippen LogP contribution >= 0.6 is 11.3 Å². The number of aromatic nitrogens is 2. The van der Waals surface area contributed by atoms with Gasteiger partial charge in [-0.3, -0.25) is 4.79 Å². The molecule has 2 aromatic heterocycles. The summed E-state index contributed by atoms with van der Waals surface area (Å²) < 4.78 is 0. The Morgan fingerprint density at radius 1 is 1.62 bits per heavy atom. The number of thiazole rings is 1. The topological polar surface area (TPSA) is 45.8 Å². The van der Waals surface area contributed by atoms with Crippen molar-refractivity contribution in [3.63, 3.8) is 0 Å². The van der Waals surface area contributed by atoms with Crippen LogP contribution in [0.15, 0.2) is 23.7 Å². The third kappa shape index (κ3) is 1.53. The van der Waals surface area contributed by atoms with Gasteiger partial charge in [-0.2, -0.15) is 0 Å². The van der Waals surface area contributed by atoms with E-state index < -0.39 is 0 Å². The van der Waals surface area contributed by atoms with Gasteiger partial charge in [0.2, 0.25) is 0 Å². The zero-order valence-electron chi connectivity index (χ0n) is 7.07. The molecule has 2 heterocycles. The van der Waals surface area contributed by atoms with Crippen LogP contribution in [0, 0.1) is 0 Å². The summed E-state index contributed by atoms with van der Waals surface area (Å²) in [5.74, 6) is 0.00839. The number of hydrogen-bond donors (Lipinski definition) is 1. The Labute approximate surface area is 79.4 Å². The summed E-state index contributed by atoms with van der Waals surface area (Å²) in [7, 11) is 0. The molecular weight excluding hydrogens is 184 g/mol. The van der Waals surface area contributed by atoms with Gasteiger partial charge in [0, 0.05) is 18.5 Å². The van der Waals surface area contributed by atoms with Gasteiger partial charge >= 0.3 is 0 Å². The van der Waals surface area contributed by atoms with Crippen molar-refractivity contribution in [1.82, 2.24) is 9.97 Å². The van der Waals surface area contributed by atoms with Gasteiger partial charge in [0.05, 0.1) is 5.69 Å². The highest BCUT2D eigenvalue weighted by Crippen LogP contribution is 2.21. The standard InChI is InChI=1S/C9H8N2OS/c1-6(12)8-5-13-9(11-8)7-3-2-4-10-7/h2-5,10H,1H3. The molecule has 1 N–H and O–H groups in total. The highest BCUT2D eigenvalue weighted by Gasteiger charge is 2.07. The molecule has 0 spiro atoms. The lowest BCUT2D eigenvalue weighted by atomic mass is 10.3. The van der Waals surface area contributed by atoms with Gasteiger partial charge in [0.15, 0.2) is 5.78 Å². The molecule has 0 aromatic carbocycles. The van der Waals surface area contributed by atoms with Gasteiger partial charge in [0.25, 0.3) is 0 Å². The first-order chi connectivity index (χ1) is 6.27. The van der Waals surface area contributed by atoms with Gasteiger partial charge in [-0.25, -0.2) is 4.98 Å². The Balaban J connectivity index is 2.39. The summed E-state index contributed by atoms with van der Waals surface area (Å²) >= 11 is 1.47. The number of H-pyrrole nitrogens is 1. The monoisotopic (exact) mass is 192 g/mol. The summed E-state index contributed by atoms with van der Waals surface area (Å²) in [5.41, 5.74) is 1.49. The number of ketones is 1. The first kappa shape index (κ1) is 8.19. The van der Waals surface area contributed by atoms with Crippen LogP contribution in [0.3, 0.4) is 0 Å².